The minimum absolute atomic E-state index is 0.124. The molecule has 1 N–H and O–H groups in total. The summed E-state index contributed by atoms with van der Waals surface area (Å²) < 4.78 is 7.41. The van der Waals surface area contributed by atoms with Gasteiger partial charge in [-0.05, 0) is 44.5 Å². The lowest BCUT2D eigenvalue weighted by molar-refractivity contribution is 0.0509. The molecule has 2 heterocycles. The quantitative estimate of drug-likeness (QED) is 0.697. The van der Waals surface area contributed by atoms with Gasteiger partial charge in [0.1, 0.15) is 29.8 Å². The fourth-order valence-corrected chi connectivity index (χ4v) is 3.05. The fourth-order valence-electron chi connectivity index (χ4n) is 3.05. The number of ether oxygens (including phenoxy) is 1. The average Bonchev–Trinajstić information content (AvgIpc) is 2.99. The summed E-state index contributed by atoms with van der Waals surface area (Å²) >= 11 is 0. The highest BCUT2D eigenvalue weighted by atomic mass is 16.5. The Hall–Kier alpha value is -2.86. The minimum atomic E-state index is -0.782. The van der Waals surface area contributed by atoms with Gasteiger partial charge in [-0.1, -0.05) is 24.3 Å². The number of amides is 1. The Bertz CT molecular complexity index is 921. The first-order chi connectivity index (χ1) is 13.0. The Morgan fingerprint density at radius 2 is 1.96 bits per heavy atom. The van der Waals surface area contributed by atoms with E-state index in [4.69, 9.17) is 4.74 Å². The van der Waals surface area contributed by atoms with E-state index in [9.17, 15) is 9.90 Å². The highest BCUT2D eigenvalue weighted by Crippen LogP contribution is 2.16. The van der Waals surface area contributed by atoms with Crippen molar-refractivity contribution in [3.8, 4) is 5.75 Å². The molecule has 1 atom stereocenters. The van der Waals surface area contributed by atoms with E-state index < -0.39 is 6.10 Å². The molecule has 2 aromatic heterocycles. The van der Waals surface area contributed by atoms with Crippen LogP contribution < -0.4 is 4.74 Å². The first kappa shape index (κ1) is 18.9. The van der Waals surface area contributed by atoms with Crippen molar-refractivity contribution >= 4 is 11.6 Å². The van der Waals surface area contributed by atoms with Crippen molar-refractivity contribution in [2.45, 2.75) is 26.9 Å². The standard InChI is InChI=1S/C21H25N3O3/c1-4-23(13-17(25)14-27-18-8-6-5-7-9-18)21(26)20-16(3)22-19-11-10-15(2)12-24(19)20/h5-12,17,25H,4,13-14H2,1-3H3/t17-/m0/s1. The smallest absolute Gasteiger partial charge is 0.272 e. The van der Waals surface area contributed by atoms with Gasteiger partial charge in [0.25, 0.3) is 5.91 Å². The van der Waals surface area contributed by atoms with Crippen LogP contribution >= 0.6 is 0 Å². The van der Waals surface area contributed by atoms with Crippen molar-refractivity contribution in [1.29, 1.82) is 0 Å². The molecule has 3 rings (SSSR count). The molecule has 0 saturated carbocycles. The number of aliphatic hydroxyl groups is 1. The molecule has 3 aromatic rings. The van der Waals surface area contributed by atoms with Crippen LogP contribution in [0.3, 0.4) is 0 Å². The largest absolute Gasteiger partial charge is 0.491 e. The Balaban J connectivity index is 1.72. The zero-order valence-electron chi connectivity index (χ0n) is 15.9. The average molecular weight is 367 g/mol. The minimum Gasteiger partial charge on any atom is -0.491 e. The molecule has 0 aliphatic heterocycles. The van der Waals surface area contributed by atoms with Gasteiger partial charge in [-0.3, -0.25) is 9.20 Å². The van der Waals surface area contributed by atoms with Crippen LogP contribution in [-0.2, 0) is 0 Å². The molecule has 0 unspecified atom stereocenters. The zero-order chi connectivity index (χ0) is 19.4. The Kier molecular flexibility index (Phi) is 5.76. The molecular weight excluding hydrogens is 342 g/mol. The second-order valence-electron chi connectivity index (χ2n) is 6.60. The summed E-state index contributed by atoms with van der Waals surface area (Å²) in [5, 5.41) is 10.3. The Labute approximate surface area is 159 Å². The van der Waals surface area contributed by atoms with Crippen LogP contribution in [0, 0.1) is 13.8 Å². The van der Waals surface area contributed by atoms with Gasteiger partial charge in [0, 0.05) is 12.7 Å². The molecule has 0 aliphatic rings. The Morgan fingerprint density at radius 1 is 1.22 bits per heavy atom. The van der Waals surface area contributed by atoms with Gasteiger partial charge in [0.2, 0.25) is 0 Å². The number of rotatable bonds is 7. The monoisotopic (exact) mass is 367 g/mol. The van der Waals surface area contributed by atoms with Gasteiger partial charge in [0.15, 0.2) is 0 Å². The molecule has 6 nitrogen and oxygen atoms in total. The molecule has 1 amide bonds. The zero-order valence-corrected chi connectivity index (χ0v) is 15.9. The number of hydrogen-bond acceptors (Lipinski definition) is 4. The predicted molar refractivity (Wildman–Crippen MR) is 104 cm³/mol. The number of carbonyl (C=O) groups is 1. The second-order valence-corrected chi connectivity index (χ2v) is 6.60. The van der Waals surface area contributed by atoms with Crippen LogP contribution in [0.2, 0.25) is 0 Å². The summed E-state index contributed by atoms with van der Waals surface area (Å²) in [5.41, 5.74) is 3.00. The number of carbonyl (C=O) groups excluding carboxylic acids is 1. The van der Waals surface area contributed by atoms with Gasteiger partial charge < -0.3 is 14.7 Å². The summed E-state index contributed by atoms with van der Waals surface area (Å²) in [7, 11) is 0. The summed E-state index contributed by atoms with van der Waals surface area (Å²) in [6.45, 7) is 6.51. The van der Waals surface area contributed by atoms with E-state index in [1.165, 1.54) is 0 Å². The van der Waals surface area contributed by atoms with Crippen molar-refractivity contribution < 1.29 is 14.6 Å². The number of fused-ring (bicyclic) bond motifs is 1. The van der Waals surface area contributed by atoms with E-state index in [0.717, 1.165) is 11.2 Å². The molecular formula is C21H25N3O3. The van der Waals surface area contributed by atoms with Crippen LogP contribution in [0.15, 0.2) is 48.7 Å². The third kappa shape index (κ3) is 4.28. The maximum Gasteiger partial charge on any atom is 0.272 e. The lowest BCUT2D eigenvalue weighted by Crippen LogP contribution is -2.40. The van der Waals surface area contributed by atoms with E-state index in [1.54, 1.807) is 4.90 Å². The molecule has 0 fully saturated rings. The number of hydrogen-bond donors (Lipinski definition) is 1. The fraction of sp³-hybridized carbons (Fsp3) is 0.333. The molecule has 0 radical (unpaired) electrons. The summed E-state index contributed by atoms with van der Waals surface area (Å²) in [4.78, 5) is 19.2. The number of pyridine rings is 1. The maximum absolute atomic E-state index is 13.1. The third-order valence-corrected chi connectivity index (χ3v) is 4.43. The first-order valence-electron chi connectivity index (χ1n) is 9.10. The molecule has 142 valence electrons. The van der Waals surface area contributed by atoms with E-state index in [0.29, 0.717) is 23.7 Å². The molecule has 6 heteroatoms. The van der Waals surface area contributed by atoms with E-state index >= 15 is 0 Å². The highest BCUT2D eigenvalue weighted by molar-refractivity contribution is 5.94. The van der Waals surface area contributed by atoms with Crippen LogP contribution in [-0.4, -0.2) is 51.1 Å². The van der Waals surface area contributed by atoms with Crippen molar-refractivity contribution in [1.82, 2.24) is 14.3 Å². The molecule has 0 aliphatic carbocycles. The number of likely N-dealkylation sites (N-methyl/N-ethyl adjacent to an activating group) is 1. The van der Waals surface area contributed by atoms with Crippen LogP contribution in [0.1, 0.15) is 28.7 Å². The van der Waals surface area contributed by atoms with Crippen molar-refractivity contribution in [3.05, 3.63) is 65.6 Å². The van der Waals surface area contributed by atoms with Crippen molar-refractivity contribution in [3.63, 3.8) is 0 Å². The normalized spacial score (nSPS) is 12.1. The summed E-state index contributed by atoms with van der Waals surface area (Å²) in [6, 6.07) is 13.2. The number of aryl methyl sites for hydroxylation is 2. The van der Waals surface area contributed by atoms with E-state index in [1.807, 2.05) is 73.8 Å². The number of nitrogens with zero attached hydrogens (tertiary/aromatic N) is 3. The molecule has 0 spiro atoms. The van der Waals surface area contributed by atoms with Crippen molar-refractivity contribution in [2.24, 2.45) is 0 Å². The number of para-hydroxylation sites is 1. The van der Waals surface area contributed by atoms with Crippen LogP contribution in [0.25, 0.3) is 5.65 Å². The van der Waals surface area contributed by atoms with E-state index in [2.05, 4.69) is 4.98 Å². The number of benzene rings is 1. The maximum atomic E-state index is 13.1. The SMILES string of the molecule is CCN(C[C@H](O)COc1ccccc1)C(=O)c1c(C)nc2ccc(C)cn12. The van der Waals surface area contributed by atoms with Gasteiger partial charge >= 0.3 is 0 Å². The molecule has 0 saturated heterocycles. The van der Waals surface area contributed by atoms with Gasteiger partial charge in [-0.2, -0.15) is 0 Å². The second kappa shape index (κ2) is 8.22. The predicted octanol–water partition coefficient (Wildman–Crippen LogP) is 2.85. The summed E-state index contributed by atoms with van der Waals surface area (Å²) in [6.07, 6.45) is 1.13. The summed E-state index contributed by atoms with van der Waals surface area (Å²) in [5.74, 6) is 0.547. The lowest BCUT2D eigenvalue weighted by Gasteiger charge is -2.24. The van der Waals surface area contributed by atoms with Crippen LogP contribution in [0.4, 0.5) is 0 Å². The number of imidazole rings is 1. The Morgan fingerprint density at radius 3 is 2.67 bits per heavy atom. The van der Waals surface area contributed by atoms with Crippen molar-refractivity contribution in [2.75, 3.05) is 19.7 Å². The van der Waals surface area contributed by atoms with Gasteiger partial charge in [0.05, 0.1) is 12.2 Å². The third-order valence-electron chi connectivity index (χ3n) is 4.43. The van der Waals surface area contributed by atoms with Gasteiger partial charge in [-0.15, -0.1) is 0 Å². The highest BCUT2D eigenvalue weighted by Gasteiger charge is 2.23. The van der Waals surface area contributed by atoms with Gasteiger partial charge in [-0.25, -0.2) is 4.98 Å². The number of aromatic nitrogens is 2. The topological polar surface area (TPSA) is 67.1 Å². The molecule has 0 bridgehead atoms. The molecule has 27 heavy (non-hydrogen) atoms. The molecule has 1 aromatic carbocycles. The van der Waals surface area contributed by atoms with E-state index in [-0.39, 0.29) is 19.1 Å². The number of aliphatic hydroxyl groups excluding tert-OH is 1. The lowest BCUT2D eigenvalue weighted by atomic mass is 10.2. The van der Waals surface area contributed by atoms with Crippen LogP contribution in [0.5, 0.6) is 5.75 Å². The first-order valence-corrected chi connectivity index (χ1v) is 9.10.